The number of unbranched alkanes of at least 4 members (excludes halogenated alkanes) is 3. The Bertz CT molecular complexity index is 513. The number of rotatable bonds is 7. The van der Waals surface area contributed by atoms with Gasteiger partial charge in [0.05, 0.1) is 0 Å². The van der Waals surface area contributed by atoms with Gasteiger partial charge in [-0.05, 0) is 36.1 Å². The van der Waals surface area contributed by atoms with E-state index in [-0.39, 0.29) is 0 Å². The fourth-order valence-corrected chi connectivity index (χ4v) is 2.11. The standard InChI is InChI=1S/C16H22N2O/c1-3-4-5-6-11-18(2)19-16-8-7-15-13-17-10-9-14(15)12-16/h7-10,12-13H,3-6,11H2,1-2H3. The Morgan fingerprint density at radius 2 is 2.00 bits per heavy atom. The van der Waals surface area contributed by atoms with Gasteiger partial charge in [0.25, 0.3) is 0 Å². The molecule has 3 heteroatoms. The van der Waals surface area contributed by atoms with Crippen LogP contribution >= 0.6 is 0 Å². The smallest absolute Gasteiger partial charge is 0.148 e. The van der Waals surface area contributed by atoms with Gasteiger partial charge in [0.2, 0.25) is 0 Å². The van der Waals surface area contributed by atoms with Crippen molar-refractivity contribution in [3.63, 3.8) is 0 Å². The van der Waals surface area contributed by atoms with Crippen molar-refractivity contribution in [2.45, 2.75) is 32.6 Å². The maximum Gasteiger partial charge on any atom is 0.148 e. The number of hydrogen-bond donors (Lipinski definition) is 0. The quantitative estimate of drug-likeness (QED) is 0.553. The fourth-order valence-electron chi connectivity index (χ4n) is 2.11. The largest absolute Gasteiger partial charge is 0.406 e. The third kappa shape index (κ3) is 4.21. The van der Waals surface area contributed by atoms with Gasteiger partial charge in [-0.3, -0.25) is 4.98 Å². The van der Waals surface area contributed by atoms with Crippen LogP contribution in [0.1, 0.15) is 32.6 Å². The van der Waals surface area contributed by atoms with Gasteiger partial charge in [-0.1, -0.05) is 26.2 Å². The van der Waals surface area contributed by atoms with Crippen LogP contribution < -0.4 is 4.84 Å². The van der Waals surface area contributed by atoms with Crippen molar-refractivity contribution >= 4 is 10.8 Å². The molecule has 102 valence electrons. The van der Waals surface area contributed by atoms with Gasteiger partial charge in [0, 0.05) is 31.4 Å². The van der Waals surface area contributed by atoms with Gasteiger partial charge in [0.1, 0.15) is 5.75 Å². The Morgan fingerprint density at radius 3 is 2.84 bits per heavy atom. The van der Waals surface area contributed by atoms with Crippen LogP contribution in [0.25, 0.3) is 10.8 Å². The molecule has 0 fully saturated rings. The molecule has 1 aromatic carbocycles. The maximum absolute atomic E-state index is 5.82. The molecule has 0 unspecified atom stereocenters. The minimum atomic E-state index is 0.886. The zero-order valence-electron chi connectivity index (χ0n) is 11.8. The van der Waals surface area contributed by atoms with E-state index < -0.39 is 0 Å². The molecule has 3 nitrogen and oxygen atoms in total. The minimum Gasteiger partial charge on any atom is -0.406 e. The summed E-state index contributed by atoms with van der Waals surface area (Å²) in [5, 5.41) is 4.21. The first-order valence-electron chi connectivity index (χ1n) is 7.02. The molecule has 0 spiro atoms. The fraction of sp³-hybridized carbons (Fsp3) is 0.438. The maximum atomic E-state index is 5.82. The third-order valence-corrected chi connectivity index (χ3v) is 3.20. The lowest BCUT2D eigenvalue weighted by Crippen LogP contribution is -2.23. The highest BCUT2D eigenvalue weighted by molar-refractivity contribution is 5.82. The molecule has 0 aliphatic carbocycles. The summed E-state index contributed by atoms with van der Waals surface area (Å²) >= 11 is 0. The van der Waals surface area contributed by atoms with E-state index in [1.165, 1.54) is 25.7 Å². The molecule has 0 saturated heterocycles. The van der Waals surface area contributed by atoms with E-state index in [2.05, 4.69) is 18.0 Å². The first-order chi connectivity index (χ1) is 9.29. The average Bonchev–Trinajstić information content (AvgIpc) is 2.43. The van der Waals surface area contributed by atoms with E-state index >= 15 is 0 Å². The summed E-state index contributed by atoms with van der Waals surface area (Å²) in [7, 11) is 1.99. The summed E-state index contributed by atoms with van der Waals surface area (Å²) in [6, 6.07) is 8.10. The summed E-state index contributed by atoms with van der Waals surface area (Å²) in [5.41, 5.74) is 0. The average molecular weight is 258 g/mol. The Morgan fingerprint density at radius 1 is 1.11 bits per heavy atom. The molecule has 0 bridgehead atoms. The highest BCUT2D eigenvalue weighted by Gasteiger charge is 2.02. The van der Waals surface area contributed by atoms with Gasteiger partial charge in [0.15, 0.2) is 0 Å². The van der Waals surface area contributed by atoms with Crippen molar-refractivity contribution in [2.24, 2.45) is 0 Å². The molecule has 0 aliphatic heterocycles. The van der Waals surface area contributed by atoms with Crippen molar-refractivity contribution < 1.29 is 4.84 Å². The molecule has 0 N–H and O–H groups in total. The van der Waals surface area contributed by atoms with Gasteiger partial charge in [-0.25, -0.2) is 0 Å². The second-order valence-electron chi connectivity index (χ2n) is 4.89. The summed E-state index contributed by atoms with van der Waals surface area (Å²) in [4.78, 5) is 9.93. The lowest BCUT2D eigenvalue weighted by molar-refractivity contribution is -0.0326. The zero-order valence-corrected chi connectivity index (χ0v) is 11.8. The Balaban J connectivity index is 1.89. The van der Waals surface area contributed by atoms with Crippen LogP contribution in [-0.4, -0.2) is 23.6 Å². The third-order valence-electron chi connectivity index (χ3n) is 3.20. The minimum absolute atomic E-state index is 0.886. The van der Waals surface area contributed by atoms with E-state index in [9.17, 15) is 0 Å². The summed E-state index contributed by atoms with van der Waals surface area (Å²) in [6.07, 6.45) is 8.70. The molecular formula is C16H22N2O. The van der Waals surface area contributed by atoms with E-state index in [0.717, 1.165) is 23.1 Å². The number of hydroxylamine groups is 2. The molecule has 0 radical (unpaired) electrons. The van der Waals surface area contributed by atoms with Crippen LogP contribution in [0, 0.1) is 0 Å². The first kappa shape index (κ1) is 13.8. The van der Waals surface area contributed by atoms with Crippen molar-refractivity contribution in [1.29, 1.82) is 0 Å². The predicted molar refractivity (Wildman–Crippen MR) is 79.1 cm³/mol. The molecule has 0 saturated carbocycles. The lowest BCUT2D eigenvalue weighted by atomic mass is 10.2. The van der Waals surface area contributed by atoms with Crippen molar-refractivity contribution in [3.05, 3.63) is 36.7 Å². The molecule has 1 heterocycles. The van der Waals surface area contributed by atoms with Crippen molar-refractivity contribution in [1.82, 2.24) is 10.0 Å². The van der Waals surface area contributed by atoms with Crippen LogP contribution in [0.4, 0.5) is 0 Å². The molecular weight excluding hydrogens is 236 g/mol. The Hall–Kier alpha value is -1.61. The Labute approximate surface area is 115 Å². The predicted octanol–water partition coefficient (Wildman–Crippen LogP) is 4.04. The van der Waals surface area contributed by atoms with Crippen LogP contribution in [0.15, 0.2) is 36.7 Å². The van der Waals surface area contributed by atoms with Crippen LogP contribution in [0.3, 0.4) is 0 Å². The number of hydrogen-bond acceptors (Lipinski definition) is 3. The van der Waals surface area contributed by atoms with Gasteiger partial charge in [-0.15, -0.1) is 5.06 Å². The lowest BCUT2D eigenvalue weighted by Gasteiger charge is -2.17. The van der Waals surface area contributed by atoms with Crippen molar-refractivity contribution in [3.8, 4) is 5.75 Å². The molecule has 1 aromatic heterocycles. The van der Waals surface area contributed by atoms with E-state index in [1.54, 1.807) is 6.20 Å². The van der Waals surface area contributed by atoms with Crippen LogP contribution in [0.5, 0.6) is 5.75 Å². The molecule has 0 aliphatic rings. The molecule has 2 aromatic rings. The summed E-state index contributed by atoms with van der Waals surface area (Å²) < 4.78 is 0. The summed E-state index contributed by atoms with van der Waals surface area (Å²) in [6.45, 7) is 3.19. The highest BCUT2D eigenvalue weighted by atomic mass is 16.7. The molecule has 0 amide bonds. The first-order valence-corrected chi connectivity index (χ1v) is 7.02. The van der Waals surface area contributed by atoms with Crippen LogP contribution in [-0.2, 0) is 0 Å². The number of benzene rings is 1. The van der Waals surface area contributed by atoms with Gasteiger partial charge in [-0.2, -0.15) is 0 Å². The molecule has 0 atom stereocenters. The highest BCUT2D eigenvalue weighted by Crippen LogP contribution is 2.20. The summed E-state index contributed by atoms with van der Waals surface area (Å²) in [5.74, 6) is 0.886. The molecule has 2 rings (SSSR count). The monoisotopic (exact) mass is 258 g/mol. The second-order valence-corrected chi connectivity index (χ2v) is 4.89. The second kappa shape index (κ2) is 7.10. The van der Waals surface area contributed by atoms with Crippen LogP contribution in [0.2, 0.25) is 0 Å². The van der Waals surface area contributed by atoms with Crippen molar-refractivity contribution in [2.75, 3.05) is 13.6 Å². The number of nitrogens with zero attached hydrogens (tertiary/aromatic N) is 2. The Kier molecular flexibility index (Phi) is 5.16. The van der Waals surface area contributed by atoms with E-state index in [4.69, 9.17) is 4.84 Å². The van der Waals surface area contributed by atoms with E-state index in [1.807, 2.05) is 36.5 Å². The van der Waals surface area contributed by atoms with Gasteiger partial charge >= 0.3 is 0 Å². The SMILES string of the molecule is CCCCCCN(C)Oc1ccc2cnccc2c1. The topological polar surface area (TPSA) is 25.4 Å². The normalized spacial score (nSPS) is 11.1. The number of aromatic nitrogens is 1. The number of fused-ring (bicyclic) bond motifs is 1. The zero-order chi connectivity index (χ0) is 13.5. The van der Waals surface area contributed by atoms with Gasteiger partial charge < -0.3 is 4.84 Å². The number of pyridine rings is 1. The molecule has 19 heavy (non-hydrogen) atoms. The van der Waals surface area contributed by atoms with E-state index in [0.29, 0.717) is 0 Å².